The van der Waals surface area contributed by atoms with E-state index in [0.717, 1.165) is 16.8 Å². The van der Waals surface area contributed by atoms with Gasteiger partial charge in [0.2, 0.25) is 0 Å². The van der Waals surface area contributed by atoms with Crippen LogP contribution in [0.4, 0.5) is 4.39 Å². The number of halogens is 2. The molecule has 0 amide bonds. The maximum atomic E-state index is 13.2. The van der Waals surface area contributed by atoms with Gasteiger partial charge in [-0.05, 0) is 55.8 Å². The highest BCUT2D eigenvalue weighted by atomic mass is 35.5. The first-order valence-corrected chi connectivity index (χ1v) is 10.8. The van der Waals surface area contributed by atoms with Gasteiger partial charge in [-0.25, -0.2) is 9.18 Å². The van der Waals surface area contributed by atoms with Gasteiger partial charge in [-0.1, -0.05) is 23.7 Å². The molecule has 8 heteroatoms. The fraction of sp³-hybridized carbons (Fsp3) is 0.292. The molecule has 0 saturated carbocycles. The first kappa shape index (κ1) is 22.1. The molecule has 0 radical (unpaired) electrons. The van der Waals surface area contributed by atoms with Gasteiger partial charge in [0.25, 0.3) is 0 Å². The molecular formula is C24H24ClFN4O2. The van der Waals surface area contributed by atoms with Crippen LogP contribution >= 0.6 is 11.6 Å². The third kappa shape index (κ3) is 4.70. The van der Waals surface area contributed by atoms with E-state index in [-0.39, 0.29) is 17.9 Å². The lowest BCUT2D eigenvalue weighted by Crippen LogP contribution is -2.55. The van der Waals surface area contributed by atoms with Gasteiger partial charge in [-0.3, -0.25) is 10.00 Å². The van der Waals surface area contributed by atoms with Crippen LogP contribution in [0.15, 0.2) is 60.4 Å². The average Bonchev–Trinajstić information content (AvgIpc) is 3.32. The fourth-order valence-electron chi connectivity index (χ4n) is 3.98. The number of hydrogen-bond donors (Lipinski definition) is 1. The number of piperazine rings is 1. The largest absolute Gasteiger partial charge is 0.477 e. The smallest absolute Gasteiger partial charge is 0.147 e. The van der Waals surface area contributed by atoms with E-state index in [1.807, 2.05) is 30.0 Å². The average molecular weight is 455 g/mol. The highest BCUT2D eigenvalue weighted by Gasteiger charge is 2.34. The Morgan fingerprint density at radius 1 is 1.22 bits per heavy atom. The Morgan fingerprint density at radius 2 is 2.00 bits per heavy atom. The summed E-state index contributed by atoms with van der Waals surface area (Å²) in [6.45, 7) is 5.53. The van der Waals surface area contributed by atoms with Crippen LogP contribution in [-0.2, 0) is 11.3 Å². The molecule has 166 valence electrons. The van der Waals surface area contributed by atoms with Crippen molar-refractivity contribution in [2.45, 2.75) is 32.5 Å². The maximum absolute atomic E-state index is 13.2. The van der Waals surface area contributed by atoms with Crippen molar-refractivity contribution in [3.05, 3.63) is 76.8 Å². The summed E-state index contributed by atoms with van der Waals surface area (Å²) in [4.78, 5) is 16.0. The second kappa shape index (κ2) is 9.57. The molecule has 0 bridgehead atoms. The molecule has 1 saturated heterocycles. The molecular weight excluding hydrogens is 431 g/mol. The topological polar surface area (TPSA) is 61.5 Å². The van der Waals surface area contributed by atoms with Crippen LogP contribution in [0, 0.1) is 5.82 Å². The monoisotopic (exact) mass is 454 g/mol. The van der Waals surface area contributed by atoms with E-state index >= 15 is 0 Å². The highest BCUT2D eigenvalue weighted by molar-refractivity contribution is 6.30. The van der Waals surface area contributed by atoms with Crippen LogP contribution in [0.1, 0.15) is 19.4 Å². The number of nitrogens with zero attached hydrogens (tertiary/aromatic N) is 3. The first-order valence-electron chi connectivity index (χ1n) is 10.4. The summed E-state index contributed by atoms with van der Waals surface area (Å²) in [6, 6.07) is 13.5. The molecule has 1 aliphatic heterocycles. The van der Waals surface area contributed by atoms with Crippen molar-refractivity contribution in [3.8, 4) is 17.0 Å². The Morgan fingerprint density at radius 3 is 2.69 bits per heavy atom. The predicted octanol–water partition coefficient (Wildman–Crippen LogP) is 4.52. The minimum atomic E-state index is -0.278. The summed E-state index contributed by atoms with van der Waals surface area (Å²) in [6.07, 6.45) is 1.67. The Labute approximate surface area is 191 Å². The lowest BCUT2D eigenvalue weighted by atomic mass is 10.0. The molecule has 0 spiro atoms. The van der Waals surface area contributed by atoms with E-state index in [4.69, 9.17) is 16.3 Å². The fourth-order valence-corrected chi connectivity index (χ4v) is 4.15. The summed E-state index contributed by atoms with van der Waals surface area (Å²) in [5.74, 6) is 2.52. The number of rotatable bonds is 6. The maximum Gasteiger partial charge on any atom is 0.147 e. The van der Waals surface area contributed by atoms with Crippen LogP contribution in [0.5, 0.6) is 5.75 Å². The lowest BCUT2D eigenvalue weighted by molar-refractivity contribution is 0.0288. The molecule has 1 fully saturated rings. The van der Waals surface area contributed by atoms with Gasteiger partial charge in [0.05, 0.1) is 11.7 Å². The number of aromatic amines is 1. The van der Waals surface area contributed by atoms with E-state index in [1.165, 1.54) is 12.1 Å². The van der Waals surface area contributed by atoms with E-state index in [0.29, 0.717) is 36.3 Å². The summed E-state index contributed by atoms with van der Waals surface area (Å²) >= 11 is 6.18. The Balaban J connectivity index is 1.49. The molecule has 4 rings (SSSR count). The van der Waals surface area contributed by atoms with Gasteiger partial charge in [-0.2, -0.15) is 5.10 Å². The van der Waals surface area contributed by atoms with Crippen molar-refractivity contribution in [3.63, 3.8) is 0 Å². The SMILES string of the molecule is C[C@@H]1CN(COc2ccc(Cl)cc2-c2ccn[nH]2)[C@@H](C)C(=C=O)N1Cc1ccc(F)cc1. The second-order valence-corrected chi connectivity index (χ2v) is 8.36. The van der Waals surface area contributed by atoms with Crippen LogP contribution in [-0.4, -0.2) is 51.3 Å². The number of aromatic nitrogens is 2. The van der Waals surface area contributed by atoms with Crippen LogP contribution in [0.3, 0.4) is 0 Å². The molecule has 6 nitrogen and oxygen atoms in total. The first-order chi connectivity index (χ1) is 15.5. The zero-order valence-corrected chi connectivity index (χ0v) is 18.6. The zero-order chi connectivity index (χ0) is 22.7. The molecule has 2 aromatic carbocycles. The summed E-state index contributed by atoms with van der Waals surface area (Å²) in [5, 5.41) is 7.54. The molecule has 1 N–H and O–H groups in total. The van der Waals surface area contributed by atoms with Crippen molar-refractivity contribution in [2.24, 2.45) is 0 Å². The Kier molecular flexibility index (Phi) is 6.61. The number of nitrogens with one attached hydrogen (secondary N) is 1. The predicted molar refractivity (Wildman–Crippen MR) is 121 cm³/mol. The third-order valence-corrected chi connectivity index (χ3v) is 6.01. The molecule has 3 aromatic rings. The van der Waals surface area contributed by atoms with Gasteiger partial charge >= 0.3 is 0 Å². The van der Waals surface area contributed by atoms with Crippen molar-refractivity contribution in [1.29, 1.82) is 0 Å². The quantitative estimate of drug-likeness (QED) is 0.555. The van der Waals surface area contributed by atoms with E-state index in [2.05, 4.69) is 28.0 Å². The summed E-state index contributed by atoms with van der Waals surface area (Å²) in [7, 11) is 0. The summed E-state index contributed by atoms with van der Waals surface area (Å²) < 4.78 is 19.4. The second-order valence-electron chi connectivity index (χ2n) is 7.92. The molecule has 0 aliphatic carbocycles. The van der Waals surface area contributed by atoms with Crippen LogP contribution < -0.4 is 4.74 Å². The minimum Gasteiger partial charge on any atom is -0.477 e. The number of carbonyl (C=O) groups excluding carboxylic acids is 1. The molecule has 2 atom stereocenters. The Bertz CT molecular complexity index is 1110. The van der Waals surface area contributed by atoms with Crippen molar-refractivity contribution < 1.29 is 13.9 Å². The van der Waals surface area contributed by atoms with Crippen LogP contribution in [0.2, 0.25) is 5.02 Å². The van der Waals surface area contributed by atoms with Crippen molar-refractivity contribution in [1.82, 2.24) is 20.0 Å². The molecule has 32 heavy (non-hydrogen) atoms. The Hall–Kier alpha value is -3.12. The molecule has 1 aliphatic rings. The number of benzene rings is 2. The van der Waals surface area contributed by atoms with Gasteiger partial charge in [0.15, 0.2) is 0 Å². The summed E-state index contributed by atoms with van der Waals surface area (Å²) in [5.41, 5.74) is 3.12. The van der Waals surface area contributed by atoms with Gasteiger partial charge in [0.1, 0.15) is 29.9 Å². The van der Waals surface area contributed by atoms with E-state index in [1.54, 1.807) is 24.4 Å². The normalized spacial score (nSPS) is 19.1. The molecule has 1 aromatic heterocycles. The molecule has 0 unspecified atom stereocenters. The van der Waals surface area contributed by atoms with Gasteiger partial charge < -0.3 is 9.64 Å². The van der Waals surface area contributed by atoms with Gasteiger partial charge in [0, 0.05) is 35.9 Å². The molecule has 2 heterocycles. The van der Waals surface area contributed by atoms with E-state index < -0.39 is 0 Å². The van der Waals surface area contributed by atoms with Crippen molar-refractivity contribution >= 4 is 17.5 Å². The minimum absolute atomic E-state index is 0.0496. The zero-order valence-electron chi connectivity index (χ0n) is 17.9. The third-order valence-electron chi connectivity index (χ3n) is 5.77. The number of H-pyrrole nitrogens is 1. The number of hydrogen-bond acceptors (Lipinski definition) is 5. The van der Waals surface area contributed by atoms with Gasteiger partial charge in [-0.15, -0.1) is 0 Å². The van der Waals surface area contributed by atoms with E-state index in [9.17, 15) is 9.18 Å². The van der Waals surface area contributed by atoms with Crippen molar-refractivity contribution in [2.75, 3.05) is 13.3 Å². The standard InChI is InChI=1S/C24H24ClFN4O2/c1-16-12-29(15-32-24-8-5-19(25)11-21(24)22-9-10-27-28-22)17(2)23(14-31)30(16)13-18-3-6-20(26)7-4-18/h3-11,16-17H,12-13,15H2,1-2H3,(H,27,28)/t16-,17+/m1/s1. The number of ether oxygens (including phenoxy) is 1. The van der Waals surface area contributed by atoms with Crippen LogP contribution in [0.25, 0.3) is 11.3 Å². The highest BCUT2D eigenvalue weighted by Crippen LogP contribution is 2.32. The lowest BCUT2D eigenvalue weighted by Gasteiger charge is -2.45.